The van der Waals surface area contributed by atoms with E-state index in [4.69, 9.17) is 4.74 Å². The van der Waals surface area contributed by atoms with Crippen LogP contribution in [0.4, 0.5) is 0 Å². The number of hydrogen-bond acceptors (Lipinski definition) is 6. The van der Waals surface area contributed by atoms with Gasteiger partial charge >= 0.3 is 5.97 Å². The smallest absolute Gasteiger partial charge is 0.319 e. The van der Waals surface area contributed by atoms with Gasteiger partial charge in [0.15, 0.2) is 0 Å². The zero-order valence-electron chi connectivity index (χ0n) is 16.2. The molecule has 0 saturated heterocycles. The Kier molecular flexibility index (Phi) is 5.92. The van der Waals surface area contributed by atoms with E-state index in [0.717, 1.165) is 31.9 Å². The van der Waals surface area contributed by atoms with Gasteiger partial charge in [-0.2, -0.15) is 0 Å². The van der Waals surface area contributed by atoms with E-state index in [9.17, 15) is 4.79 Å². The summed E-state index contributed by atoms with van der Waals surface area (Å²) in [6, 6.07) is 18.1. The number of fused-ring (bicyclic) bond motifs is 1. The zero-order chi connectivity index (χ0) is 20.2. The number of carbonyl (C=O) groups is 1. The first-order valence-corrected chi connectivity index (χ1v) is 11.0. The number of hydrogen-bond donors (Lipinski definition) is 0. The predicted octanol–water partition coefficient (Wildman–Crippen LogP) is 5.89. The fraction of sp³-hybridized carbons (Fsp3) is 0.174. The van der Waals surface area contributed by atoms with Crippen LogP contribution in [0.3, 0.4) is 0 Å². The van der Waals surface area contributed by atoms with Gasteiger partial charge in [0.05, 0.1) is 5.39 Å². The van der Waals surface area contributed by atoms with E-state index in [2.05, 4.69) is 46.5 Å². The highest BCUT2D eigenvalue weighted by Crippen LogP contribution is 2.39. The highest BCUT2D eigenvalue weighted by molar-refractivity contribution is 8.00. The molecule has 0 aliphatic heterocycles. The minimum atomic E-state index is -0.373. The molecule has 1 atom stereocenters. The quantitative estimate of drug-likeness (QED) is 0.221. The minimum Gasteiger partial charge on any atom is -0.460 e. The van der Waals surface area contributed by atoms with Crippen LogP contribution in [-0.2, 0) is 16.1 Å². The monoisotopic (exact) mass is 420 g/mol. The fourth-order valence-corrected chi connectivity index (χ4v) is 4.86. The summed E-state index contributed by atoms with van der Waals surface area (Å²) in [6.45, 7) is 4.20. The number of carbonyl (C=O) groups excluding carboxylic acids is 1. The number of aryl methyl sites for hydroxylation is 1. The van der Waals surface area contributed by atoms with Gasteiger partial charge in [0, 0.05) is 10.9 Å². The summed E-state index contributed by atoms with van der Waals surface area (Å²) in [7, 11) is 0. The summed E-state index contributed by atoms with van der Waals surface area (Å²) in [5.74, 6) is -0.252. The molecular weight excluding hydrogens is 400 g/mol. The highest BCUT2D eigenvalue weighted by atomic mass is 32.2. The predicted molar refractivity (Wildman–Crippen MR) is 119 cm³/mol. The molecule has 2 aromatic carbocycles. The van der Waals surface area contributed by atoms with Crippen molar-refractivity contribution in [1.82, 2.24) is 9.97 Å². The van der Waals surface area contributed by atoms with Crippen LogP contribution in [0.15, 0.2) is 71.3 Å². The number of thiophene rings is 1. The molecule has 1 unspecified atom stereocenters. The Morgan fingerprint density at radius 1 is 1.10 bits per heavy atom. The third-order valence-electron chi connectivity index (χ3n) is 4.54. The molecule has 0 amide bonds. The normalized spacial score (nSPS) is 12.1. The topological polar surface area (TPSA) is 52.1 Å². The average molecular weight is 421 g/mol. The van der Waals surface area contributed by atoms with Gasteiger partial charge in [-0.1, -0.05) is 71.9 Å². The second-order valence-corrected chi connectivity index (χ2v) is 8.92. The van der Waals surface area contributed by atoms with Crippen LogP contribution >= 0.6 is 23.1 Å². The van der Waals surface area contributed by atoms with Crippen molar-refractivity contribution in [3.8, 4) is 11.1 Å². The van der Waals surface area contributed by atoms with E-state index < -0.39 is 0 Å². The van der Waals surface area contributed by atoms with Crippen molar-refractivity contribution in [2.75, 3.05) is 0 Å². The van der Waals surface area contributed by atoms with Crippen LogP contribution in [-0.4, -0.2) is 21.2 Å². The number of ether oxygens (including phenoxy) is 1. The molecule has 4 nitrogen and oxygen atoms in total. The molecule has 0 N–H and O–H groups in total. The van der Waals surface area contributed by atoms with Crippen LogP contribution in [0.5, 0.6) is 0 Å². The van der Waals surface area contributed by atoms with E-state index in [1.165, 1.54) is 17.3 Å². The molecule has 0 fully saturated rings. The molecule has 0 radical (unpaired) electrons. The summed E-state index contributed by atoms with van der Waals surface area (Å²) in [5, 5.41) is 3.53. The Morgan fingerprint density at radius 2 is 1.86 bits per heavy atom. The van der Waals surface area contributed by atoms with Gasteiger partial charge in [0.2, 0.25) is 0 Å². The van der Waals surface area contributed by atoms with Crippen molar-refractivity contribution in [3.05, 3.63) is 77.4 Å². The number of nitrogens with zero attached hydrogens (tertiary/aromatic N) is 2. The minimum absolute atomic E-state index is 0.252. The number of thioether (sulfide) groups is 1. The van der Waals surface area contributed by atoms with E-state index in [1.807, 2.05) is 37.3 Å². The van der Waals surface area contributed by atoms with Crippen molar-refractivity contribution in [2.24, 2.45) is 0 Å². The Morgan fingerprint density at radius 3 is 2.62 bits per heavy atom. The number of esters is 1. The molecule has 0 bridgehead atoms. The van der Waals surface area contributed by atoms with Crippen molar-refractivity contribution in [3.63, 3.8) is 0 Å². The standard InChI is InChI=1S/C23H20N2O2S2/c1-15-8-10-18(11-9-15)19-13-28-21-20(19)22(25-14-24-21)29-16(2)23(26)27-12-17-6-4-3-5-7-17/h3-11,13-14,16H,12H2,1-2H3. The maximum absolute atomic E-state index is 12.5. The second-order valence-electron chi connectivity index (χ2n) is 6.73. The second kappa shape index (κ2) is 8.76. The molecule has 0 aliphatic rings. The number of benzene rings is 2. The summed E-state index contributed by atoms with van der Waals surface area (Å²) < 4.78 is 5.48. The molecule has 4 aromatic rings. The average Bonchev–Trinajstić information content (AvgIpc) is 3.18. The van der Waals surface area contributed by atoms with E-state index in [0.29, 0.717) is 0 Å². The molecule has 0 aliphatic carbocycles. The van der Waals surface area contributed by atoms with Crippen molar-refractivity contribution in [2.45, 2.75) is 30.7 Å². The molecule has 146 valence electrons. The first-order chi connectivity index (χ1) is 14.1. The summed E-state index contributed by atoms with van der Waals surface area (Å²) >= 11 is 3.00. The largest absolute Gasteiger partial charge is 0.460 e. The summed E-state index contributed by atoms with van der Waals surface area (Å²) in [4.78, 5) is 22.3. The Balaban J connectivity index is 1.55. The Bertz CT molecular complexity index is 1120. The summed E-state index contributed by atoms with van der Waals surface area (Å²) in [5.41, 5.74) is 4.41. The lowest BCUT2D eigenvalue weighted by Crippen LogP contribution is -2.17. The third kappa shape index (κ3) is 4.49. The van der Waals surface area contributed by atoms with Gasteiger partial charge in [-0.3, -0.25) is 4.79 Å². The van der Waals surface area contributed by atoms with Crippen LogP contribution < -0.4 is 0 Å². The Labute approximate surface area is 178 Å². The molecule has 0 spiro atoms. The lowest BCUT2D eigenvalue weighted by molar-refractivity contribution is -0.143. The first kappa shape index (κ1) is 19.6. The van der Waals surface area contributed by atoms with Gasteiger partial charge in [0.25, 0.3) is 0 Å². The zero-order valence-corrected chi connectivity index (χ0v) is 17.8. The van der Waals surface area contributed by atoms with Gasteiger partial charge in [-0.05, 0) is 25.0 Å². The van der Waals surface area contributed by atoms with Crippen molar-refractivity contribution < 1.29 is 9.53 Å². The Hall–Kier alpha value is -2.70. The number of rotatable bonds is 6. The summed E-state index contributed by atoms with van der Waals surface area (Å²) in [6.07, 6.45) is 1.56. The van der Waals surface area contributed by atoms with E-state index >= 15 is 0 Å². The van der Waals surface area contributed by atoms with Crippen LogP contribution in [0.2, 0.25) is 0 Å². The molecule has 2 aromatic heterocycles. The third-order valence-corrected chi connectivity index (χ3v) is 6.51. The molecule has 2 heterocycles. The lowest BCUT2D eigenvalue weighted by atomic mass is 10.1. The molecule has 0 saturated carbocycles. The SMILES string of the molecule is Cc1ccc(-c2csc3ncnc(SC(C)C(=O)OCc4ccccc4)c23)cc1. The fourth-order valence-electron chi connectivity index (χ4n) is 2.94. The van der Waals surface area contributed by atoms with Crippen LogP contribution in [0.1, 0.15) is 18.1 Å². The van der Waals surface area contributed by atoms with Gasteiger partial charge < -0.3 is 4.74 Å². The van der Waals surface area contributed by atoms with Gasteiger partial charge in [-0.15, -0.1) is 11.3 Å². The van der Waals surface area contributed by atoms with Gasteiger partial charge in [-0.25, -0.2) is 9.97 Å². The molecule has 29 heavy (non-hydrogen) atoms. The first-order valence-electron chi connectivity index (χ1n) is 9.28. The number of aromatic nitrogens is 2. The van der Waals surface area contributed by atoms with Crippen LogP contribution in [0.25, 0.3) is 21.3 Å². The maximum atomic E-state index is 12.5. The van der Waals surface area contributed by atoms with Gasteiger partial charge in [0.1, 0.15) is 28.0 Å². The highest BCUT2D eigenvalue weighted by Gasteiger charge is 2.21. The van der Waals surface area contributed by atoms with Crippen molar-refractivity contribution >= 4 is 39.3 Å². The molecule has 6 heteroatoms. The van der Waals surface area contributed by atoms with Crippen molar-refractivity contribution in [1.29, 1.82) is 0 Å². The van der Waals surface area contributed by atoms with Crippen LogP contribution in [0, 0.1) is 6.92 Å². The van der Waals surface area contributed by atoms with E-state index in [1.54, 1.807) is 17.7 Å². The van der Waals surface area contributed by atoms with E-state index in [-0.39, 0.29) is 17.8 Å². The molecular formula is C23H20N2O2S2. The molecule has 4 rings (SSSR count). The maximum Gasteiger partial charge on any atom is 0.319 e. The lowest BCUT2D eigenvalue weighted by Gasteiger charge is -2.12.